The monoisotopic (exact) mass is 477 g/mol. The van der Waals surface area contributed by atoms with Crippen molar-refractivity contribution in [1.29, 1.82) is 0 Å². The molecule has 34 heavy (non-hydrogen) atoms. The van der Waals surface area contributed by atoms with Crippen LogP contribution in [0.4, 0.5) is 5.95 Å². The second-order valence-corrected chi connectivity index (χ2v) is 8.92. The van der Waals surface area contributed by atoms with E-state index in [9.17, 15) is 0 Å². The number of hydrogen-bond acceptors (Lipinski definition) is 6. The molecule has 0 bridgehead atoms. The Balaban J connectivity index is 1.24. The maximum Gasteiger partial charge on any atom is 0.227 e. The Kier molecular flexibility index (Phi) is 6.54. The van der Waals surface area contributed by atoms with E-state index in [1.807, 2.05) is 49.4 Å². The first-order valence-electron chi connectivity index (χ1n) is 11.7. The molecule has 4 aromatic rings. The number of anilines is 1. The lowest BCUT2D eigenvalue weighted by atomic mass is 9.97. The van der Waals surface area contributed by atoms with E-state index >= 15 is 0 Å². The first-order chi connectivity index (χ1) is 16.6. The summed E-state index contributed by atoms with van der Waals surface area (Å²) in [5, 5.41) is 9.59. The van der Waals surface area contributed by atoms with E-state index < -0.39 is 0 Å². The van der Waals surface area contributed by atoms with E-state index in [0.29, 0.717) is 17.5 Å². The topological polar surface area (TPSA) is 69.2 Å². The Bertz CT molecular complexity index is 1230. The fraction of sp³-hybridized carbons (Fsp3) is 0.346. The summed E-state index contributed by atoms with van der Waals surface area (Å²) in [6.45, 7) is 6.99. The maximum absolute atomic E-state index is 6.09. The second-order valence-electron chi connectivity index (χ2n) is 8.49. The van der Waals surface area contributed by atoms with E-state index in [1.54, 1.807) is 0 Å². The summed E-state index contributed by atoms with van der Waals surface area (Å²) >= 11 is 5.95. The molecule has 0 aliphatic carbocycles. The molecule has 2 aromatic carbocycles. The molecule has 8 heteroatoms. The number of hydrogen-bond donors (Lipinski definition) is 0. The third-order valence-electron chi connectivity index (χ3n) is 6.29. The highest BCUT2D eigenvalue weighted by atomic mass is 35.5. The second kappa shape index (κ2) is 9.89. The molecule has 1 fully saturated rings. The van der Waals surface area contributed by atoms with Crippen LogP contribution < -0.4 is 9.64 Å². The average Bonchev–Trinajstić information content (AvgIpc) is 3.47. The molecule has 0 atom stereocenters. The number of rotatable bonds is 7. The molecule has 3 heterocycles. The van der Waals surface area contributed by atoms with E-state index in [2.05, 4.69) is 38.7 Å². The normalized spacial score (nSPS) is 14.5. The van der Waals surface area contributed by atoms with Gasteiger partial charge < -0.3 is 14.1 Å². The molecule has 7 nitrogen and oxygen atoms in total. The number of halogens is 1. The summed E-state index contributed by atoms with van der Waals surface area (Å²) in [5.41, 5.74) is 2.03. The predicted octanol–water partition coefficient (Wildman–Crippen LogP) is 5.88. The summed E-state index contributed by atoms with van der Waals surface area (Å²) in [5.74, 6) is 4.48. The van der Waals surface area contributed by atoms with Crippen molar-refractivity contribution < 1.29 is 9.15 Å². The van der Waals surface area contributed by atoms with Crippen molar-refractivity contribution in [3.8, 4) is 17.0 Å². The van der Waals surface area contributed by atoms with Crippen molar-refractivity contribution in [2.75, 3.05) is 18.0 Å². The van der Waals surface area contributed by atoms with Crippen LogP contribution in [0.5, 0.6) is 5.75 Å². The molecular formula is C26H28ClN5O2. The fourth-order valence-electron chi connectivity index (χ4n) is 4.45. The van der Waals surface area contributed by atoms with Crippen LogP contribution in [-0.2, 0) is 13.2 Å². The molecule has 0 radical (unpaired) electrons. The molecule has 0 saturated carbocycles. The van der Waals surface area contributed by atoms with Crippen molar-refractivity contribution in [2.24, 2.45) is 0 Å². The Labute approximate surface area is 204 Å². The highest BCUT2D eigenvalue weighted by molar-refractivity contribution is 6.30. The number of benzene rings is 2. The number of oxazole rings is 1. The average molecular weight is 478 g/mol. The zero-order valence-corrected chi connectivity index (χ0v) is 20.2. The standard InChI is InChI=1S/C26H28ClN5O2/c1-3-32-23(17-33-22-11-9-21(27)10-12-22)29-30-26(32)31-15-13-20(14-16-31)25-28-24(18(2)34-25)19-7-5-4-6-8-19/h4-12,20H,3,13-17H2,1-2H3. The summed E-state index contributed by atoms with van der Waals surface area (Å²) in [6, 6.07) is 17.6. The minimum Gasteiger partial charge on any atom is -0.486 e. The fourth-order valence-corrected chi connectivity index (χ4v) is 4.58. The quantitative estimate of drug-likeness (QED) is 0.331. The third-order valence-corrected chi connectivity index (χ3v) is 6.55. The number of nitrogens with zero attached hydrogens (tertiary/aromatic N) is 5. The van der Waals surface area contributed by atoms with Crippen molar-refractivity contribution in [2.45, 2.75) is 45.8 Å². The molecule has 2 aromatic heterocycles. The Morgan fingerprint density at radius 1 is 1.03 bits per heavy atom. The largest absolute Gasteiger partial charge is 0.486 e. The predicted molar refractivity (Wildman–Crippen MR) is 132 cm³/mol. The van der Waals surface area contributed by atoms with Gasteiger partial charge >= 0.3 is 0 Å². The van der Waals surface area contributed by atoms with Crippen LogP contribution in [0.3, 0.4) is 0 Å². The van der Waals surface area contributed by atoms with Gasteiger partial charge in [0.2, 0.25) is 5.95 Å². The van der Waals surface area contributed by atoms with Gasteiger partial charge in [0.05, 0.1) is 0 Å². The molecule has 0 amide bonds. The van der Waals surface area contributed by atoms with Crippen LogP contribution in [-0.4, -0.2) is 32.8 Å². The van der Waals surface area contributed by atoms with Crippen LogP contribution in [0.2, 0.25) is 5.02 Å². The van der Waals surface area contributed by atoms with Crippen molar-refractivity contribution in [3.05, 3.63) is 77.1 Å². The van der Waals surface area contributed by atoms with E-state index in [4.69, 9.17) is 25.7 Å². The minimum absolute atomic E-state index is 0.304. The van der Waals surface area contributed by atoms with Gasteiger partial charge in [0.25, 0.3) is 0 Å². The molecule has 176 valence electrons. The van der Waals surface area contributed by atoms with Crippen LogP contribution in [0.25, 0.3) is 11.3 Å². The van der Waals surface area contributed by atoms with Crippen molar-refractivity contribution in [3.63, 3.8) is 0 Å². The first-order valence-corrected chi connectivity index (χ1v) is 12.1. The Morgan fingerprint density at radius 3 is 2.47 bits per heavy atom. The van der Waals surface area contributed by atoms with Gasteiger partial charge in [0.1, 0.15) is 23.8 Å². The highest BCUT2D eigenvalue weighted by Crippen LogP contribution is 2.33. The van der Waals surface area contributed by atoms with Gasteiger partial charge in [-0.3, -0.25) is 4.57 Å². The van der Waals surface area contributed by atoms with Gasteiger partial charge in [-0.2, -0.15) is 0 Å². The number of piperidine rings is 1. The van der Waals surface area contributed by atoms with Gasteiger partial charge in [0.15, 0.2) is 11.7 Å². The summed E-state index contributed by atoms with van der Waals surface area (Å²) < 4.78 is 14.1. The van der Waals surface area contributed by atoms with Gasteiger partial charge in [-0.15, -0.1) is 10.2 Å². The minimum atomic E-state index is 0.304. The summed E-state index contributed by atoms with van der Waals surface area (Å²) in [6.07, 6.45) is 1.92. The molecule has 5 rings (SSSR count). The summed E-state index contributed by atoms with van der Waals surface area (Å²) in [4.78, 5) is 7.15. The number of ether oxygens (including phenoxy) is 1. The number of aryl methyl sites for hydroxylation is 1. The molecule has 0 spiro atoms. The lowest BCUT2D eigenvalue weighted by molar-refractivity contribution is 0.289. The SMILES string of the molecule is CCn1c(COc2ccc(Cl)cc2)nnc1N1CCC(c2nc(-c3ccccc3)c(C)o2)CC1. The smallest absolute Gasteiger partial charge is 0.227 e. The first kappa shape index (κ1) is 22.5. The third kappa shape index (κ3) is 4.66. The van der Waals surface area contributed by atoms with Crippen molar-refractivity contribution >= 4 is 17.5 Å². The Hall–Kier alpha value is -3.32. The lowest BCUT2D eigenvalue weighted by Gasteiger charge is -2.31. The van der Waals surface area contributed by atoms with E-state index in [-0.39, 0.29) is 0 Å². The van der Waals surface area contributed by atoms with E-state index in [1.165, 1.54) is 0 Å². The van der Waals surface area contributed by atoms with Gasteiger partial charge in [-0.25, -0.2) is 4.98 Å². The van der Waals surface area contributed by atoms with Crippen LogP contribution in [0.15, 0.2) is 59.0 Å². The highest BCUT2D eigenvalue weighted by Gasteiger charge is 2.28. The zero-order valence-electron chi connectivity index (χ0n) is 19.4. The molecule has 0 N–H and O–H groups in total. The van der Waals surface area contributed by atoms with Gasteiger partial charge in [0, 0.05) is 36.1 Å². The molecule has 1 aliphatic heterocycles. The molecule has 1 saturated heterocycles. The lowest BCUT2D eigenvalue weighted by Crippen LogP contribution is -2.35. The Morgan fingerprint density at radius 2 is 1.76 bits per heavy atom. The maximum atomic E-state index is 6.09. The summed E-state index contributed by atoms with van der Waals surface area (Å²) in [7, 11) is 0. The van der Waals surface area contributed by atoms with Crippen LogP contribution in [0, 0.1) is 6.92 Å². The van der Waals surface area contributed by atoms with E-state index in [0.717, 1.165) is 72.9 Å². The van der Waals surface area contributed by atoms with Crippen molar-refractivity contribution in [1.82, 2.24) is 19.7 Å². The molecule has 0 unspecified atom stereocenters. The molecule has 1 aliphatic rings. The van der Waals surface area contributed by atoms with Crippen LogP contribution in [0.1, 0.15) is 43.2 Å². The number of aromatic nitrogens is 4. The zero-order chi connectivity index (χ0) is 23.5. The van der Waals surface area contributed by atoms with Gasteiger partial charge in [-0.1, -0.05) is 41.9 Å². The van der Waals surface area contributed by atoms with Gasteiger partial charge in [-0.05, 0) is 51.0 Å². The van der Waals surface area contributed by atoms with Crippen LogP contribution >= 0.6 is 11.6 Å². The molecular weight excluding hydrogens is 450 g/mol.